The van der Waals surface area contributed by atoms with Crippen molar-refractivity contribution in [3.63, 3.8) is 0 Å². The molecule has 0 N–H and O–H groups in total. The van der Waals surface area contributed by atoms with Crippen molar-refractivity contribution >= 4 is 38.4 Å². The van der Waals surface area contributed by atoms with E-state index in [-0.39, 0.29) is 0 Å². The number of fused-ring (bicyclic) bond motifs is 6. The number of para-hydroxylation sites is 1. The van der Waals surface area contributed by atoms with Gasteiger partial charge in [-0.3, -0.25) is 9.97 Å². The minimum absolute atomic E-state index is 0.980. The van der Waals surface area contributed by atoms with Crippen LogP contribution < -0.4 is 0 Å². The Labute approximate surface area is 108 Å². The molecular formula is C16H9N3. The van der Waals surface area contributed by atoms with Gasteiger partial charge in [-0.25, -0.2) is 0 Å². The summed E-state index contributed by atoms with van der Waals surface area (Å²) in [6.45, 7) is 0. The maximum Gasteiger partial charge on any atom is 0.115 e. The highest BCUT2D eigenvalue weighted by Crippen LogP contribution is 2.36. The third kappa shape index (κ3) is 0.956. The molecule has 0 aliphatic heterocycles. The lowest BCUT2D eigenvalue weighted by molar-refractivity contribution is 1.34. The van der Waals surface area contributed by atoms with E-state index in [1.807, 2.05) is 18.5 Å². The number of nitrogens with zero attached hydrogens (tertiary/aromatic N) is 3. The van der Waals surface area contributed by atoms with E-state index >= 15 is 0 Å². The van der Waals surface area contributed by atoms with Crippen LogP contribution in [0.1, 0.15) is 0 Å². The molecule has 0 saturated heterocycles. The van der Waals surface area contributed by atoms with Crippen molar-refractivity contribution < 1.29 is 0 Å². The Morgan fingerprint density at radius 2 is 1.53 bits per heavy atom. The smallest absolute Gasteiger partial charge is 0.115 e. The molecule has 0 radical (unpaired) electrons. The standard InChI is InChI=1S/C16H9N3/c1-2-5-12-10(4-1)11-7-9-18-15-14-13(6-3-8-17-14)19(12)16(11)15/h1-9H. The Hall–Kier alpha value is -2.68. The van der Waals surface area contributed by atoms with E-state index < -0.39 is 0 Å². The predicted molar refractivity (Wildman–Crippen MR) is 76.7 cm³/mol. The van der Waals surface area contributed by atoms with Gasteiger partial charge in [-0.1, -0.05) is 18.2 Å². The second-order valence-corrected chi connectivity index (χ2v) is 4.78. The lowest BCUT2D eigenvalue weighted by Gasteiger charge is -1.95. The fourth-order valence-corrected chi connectivity index (χ4v) is 3.10. The van der Waals surface area contributed by atoms with Crippen molar-refractivity contribution in [1.82, 2.24) is 14.4 Å². The molecule has 5 aromatic rings. The molecule has 19 heavy (non-hydrogen) atoms. The van der Waals surface area contributed by atoms with Crippen LogP contribution in [0.25, 0.3) is 38.4 Å². The molecule has 0 aliphatic carbocycles. The van der Waals surface area contributed by atoms with Gasteiger partial charge in [0.1, 0.15) is 11.0 Å². The van der Waals surface area contributed by atoms with Gasteiger partial charge in [-0.2, -0.15) is 0 Å². The fraction of sp³-hybridized carbons (Fsp3) is 0. The zero-order valence-electron chi connectivity index (χ0n) is 10.0. The first-order chi connectivity index (χ1) is 9.45. The predicted octanol–water partition coefficient (Wildman–Crippen LogP) is 3.63. The number of aromatic nitrogens is 3. The molecule has 1 aromatic carbocycles. The average Bonchev–Trinajstić information content (AvgIpc) is 2.99. The SMILES string of the molecule is c1ccc2c(c1)c1ccnc3c4ncccc4n2c13. The van der Waals surface area contributed by atoms with Crippen molar-refractivity contribution in [3.8, 4) is 0 Å². The summed E-state index contributed by atoms with van der Waals surface area (Å²) in [6.07, 6.45) is 3.70. The fourth-order valence-electron chi connectivity index (χ4n) is 3.10. The normalized spacial score (nSPS) is 12.2. The molecule has 0 unspecified atom stereocenters. The summed E-state index contributed by atoms with van der Waals surface area (Å²) in [4.78, 5) is 9.03. The van der Waals surface area contributed by atoms with Crippen molar-refractivity contribution in [2.45, 2.75) is 0 Å². The Bertz CT molecular complexity index is 979. The molecule has 3 nitrogen and oxygen atoms in total. The van der Waals surface area contributed by atoms with Crippen LogP contribution >= 0.6 is 0 Å². The number of benzene rings is 1. The first kappa shape index (κ1) is 9.28. The van der Waals surface area contributed by atoms with Gasteiger partial charge in [0.15, 0.2) is 0 Å². The zero-order chi connectivity index (χ0) is 12.4. The average molecular weight is 243 g/mol. The van der Waals surface area contributed by atoms with Crippen LogP contribution in [0.5, 0.6) is 0 Å². The Morgan fingerprint density at radius 1 is 0.684 bits per heavy atom. The van der Waals surface area contributed by atoms with Crippen molar-refractivity contribution in [1.29, 1.82) is 0 Å². The van der Waals surface area contributed by atoms with Crippen LogP contribution in [0.2, 0.25) is 0 Å². The van der Waals surface area contributed by atoms with Crippen molar-refractivity contribution in [3.05, 3.63) is 54.9 Å². The summed E-state index contributed by atoms with van der Waals surface area (Å²) in [5.74, 6) is 0. The maximum absolute atomic E-state index is 4.53. The molecule has 3 heteroatoms. The summed E-state index contributed by atoms with van der Waals surface area (Å²) in [6, 6.07) is 14.6. The molecule has 4 heterocycles. The van der Waals surface area contributed by atoms with E-state index in [9.17, 15) is 0 Å². The summed E-state index contributed by atoms with van der Waals surface area (Å²) >= 11 is 0. The zero-order valence-corrected chi connectivity index (χ0v) is 10.0. The molecule has 4 aromatic heterocycles. The minimum Gasteiger partial charge on any atom is -0.305 e. The van der Waals surface area contributed by atoms with Crippen LogP contribution in [0.3, 0.4) is 0 Å². The van der Waals surface area contributed by atoms with Gasteiger partial charge in [0.2, 0.25) is 0 Å². The molecule has 0 saturated carbocycles. The monoisotopic (exact) mass is 243 g/mol. The Kier molecular flexibility index (Phi) is 1.47. The highest BCUT2D eigenvalue weighted by molar-refractivity contribution is 6.20. The highest BCUT2D eigenvalue weighted by atomic mass is 15.0. The molecule has 0 bridgehead atoms. The molecule has 0 atom stereocenters. The second-order valence-electron chi connectivity index (χ2n) is 4.78. The number of pyridine rings is 2. The van der Waals surface area contributed by atoms with Gasteiger partial charge in [0.05, 0.1) is 16.6 Å². The van der Waals surface area contributed by atoms with Crippen LogP contribution in [0, 0.1) is 0 Å². The van der Waals surface area contributed by atoms with Gasteiger partial charge >= 0.3 is 0 Å². The second kappa shape index (κ2) is 3.01. The molecule has 0 fully saturated rings. The molecule has 0 amide bonds. The molecule has 0 spiro atoms. The third-order valence-electron chi connectivity index (χ3n) is 3.83. The van der Waals surface area contributed by atoms with Gasteiger partial charge in [-0.05, 0) is 24.3 Å². The number of hydrogen-bond acceptors (Lipinski definition) is 2. The van der Waals surface area contributed by atoms with Crippen LogP contribution in [-0.4, -0.2) is 14.4 Å². The summed E-state index contributed by atoms with van der Waals surface area (Å²) in [5, 5.41) is 2.52. The van der Waals surface area contributed by atoms with E-state index in [1.54, 1.807) is 0 Å². The van der Waals surface area contributed by atoms with Crippen molar-refractivity contribution in [2.24, 2.45) is 0 Å². The number of rotatable bonds is 0. The van der Waals surface area contributed by atoms with Gasteiger partial charge in [-0.15, -0.1) is 0 Å². The molecular weight excluding hydrogens is 234 g/mol. The van der Waals surface area contributed by atoms with E-state index in [0.29, 0.717) is 0 Å². The van der Waals surface area contributed by atoms with Crippen LogP contribution in [-0.2, 0) is 0 Å². The van der Waals surface area contributed by atoms with E-state index in [1.165, 1.54) is 21.8 Å². The maximum atomic E-state index is 4.53. The Balaban J connectivity index is 2.32. The molecule has 0 aliphatic rings. The van der Waals surface area contributed by atoms with E-state index in [0.717, 1.165) is 16.6 Å². The lowest BCUT2D eigenvalue weighted by atomic mass is 10.2. The largest absolute Gasteiger partial charge is 0.305 e. The minimum atomic E-state index is 0.980. The van der Waals surface area contributed by atoms with Gasteiger partial charge in [0.25, 0.3) is 0 Å². The topological polar surface area (TPSA) is 30.2 Å². The summed E-state index contributed by atoms with van der Waals surface area (Å²) < 4.78 is 2.27. The Morgan fingerprint density at radius 3 is 2.53 bits per heavy atom. The third-order valence-corrected chi connectivity index (χ3v) is 3.83. The van der Waals surface area contributed by atoms with E-state index in [4.69, 9.17) is 0 Å². The van der Waals surface area contributed by atoms with Gasteiger partial charge < -0.3 is 4.40 Å². The quantitative estimate of drug-likeness (QED) is 0.416. The highest BCUT2D eigenvalue weighted by Gasteiger charge is 2.17. The van der Waals surface area contributed by atoms with Crippen LogP contribution in [0.4, 0.5) is 0 Å². The van der Waals surface area contributed by atoms with Crippen molar-refractivity contribution in [2.75, 3.05) is 0 Å². The van der Waals surface area contributed by atoms with Crippen LogP contribution in [0.15, 0.2) is 54.9 Å². The molecule has 5 rings (SSSR count). The lowest BCUT2D eigenvalue weighted by Crippen LogP contribution is -1.80. The summed E-state index contributed by atoms with van der Waals surface area (Å²) in [5.41, 5.74) is 5.50. The van der Waals surface area contributed by atoms with Gasteiger partial charge in [0, 0.05) is 23.2 Å². The number of hydrogen-bond donors (Lipinski definition) is 0. The van der Waals surface area contributed by atoms with E-state index in [2.05, 4.69) is 50.8 Å². The molecule has 88 valence electrons. The summed E-state index contributed by atoms with van der Waals surface area (Å²) in [7, 11) is 0. The first-order valence-electron chi connectivity index (χ1n) is 6.29. The first-order valence-corrected chi connectivity index (χ1v) is 6.29.